The minimum atomic E-state index is -0.0304. The Kier molecular flexibility index (Phi) is 5.29. The quantitative estimate of drug-likeness (QED) is 0.742. The molecule has 1 rings (SSSR count). The summed E-state index contributed by atoms with van der Waals surface area (Å²) in [6, 6.07) is 0.253. The van der Waals surface area contributed by atoms with Crippen LogP contribution in [0.1, 0.15) is 46.0 Å². The SMILES string of the molecule is CCCCC(CCC)N1CC(=O)NCC1=O. The lowest BCUT2D eigenvalue weighted by Crippen LogP contribution is -2.55. The number of carbonyl (C=O) groups excluding carboxylic acids is 2. The van der Waals surface area contributed by atoms with Gasteiger partial charge in [0, 0.05) is 6.04 Å². The van der Waals surface area contributed by atoms with Crippen LogP contribution in [0.5, 0.6) is 0 Å². The van der Waals surface area contributed by atoms with Crippen LogP contribution in [-0.2, 0) is 9.59 Å². The van der Waals surface area contributed by atoms with Crippen molar-refractivity contribution in [2.75, 3.05) is 13.1 Å². The number of carbonyl (C=O) groups is 2. The molecule has 16 heavy (non-hydrogen) atoms. The number of unbranched alkanes of at least 4 members (excludes halogenated alkanes) is 1. The Hall–Kier alpha value is -1.06. The molecule has 1 saturated heterocycles. The topological polar surface area (TPSA) is 49.4 Å². The van der Waals surface area contributed by atoms with E-state index in [4.69, 9.17) is 0 Å². The van der Waals surface area contributed by atoms with Crippen molar-refractivity contribution in [2.45, 2.75) is 52.0 Å². The Bertz CT molecular complexity index is 253. The number of hydrogen-bond donors (Lipinski definition) is 1. The van der Waals surface area contributed by atoms with Crippen molar-refractivity contribution in [1.29, 1.82) is 0 Å². The summed E-state index contributed by atoms with van der Waals surface area (Å²) < 4.78 is 0. The Morgan fingerprint density at radius 1 is 1.25 bits per heavy atom. The largest absolute Gasteiger partial charge is 0.345 e. The highest BCUT2D eigenvalue weighted by Gasteiger charge is 2.28. The van der Waals surface area contributed by atoms with Crippen molar-refractivity contribution in [2.24, 2.45) is 0 Å². The molecule has 0 aliphatic carbocycles. The van der Waals surface area contributed by atoms with E-state index in [9.17, 15) is 9.59 Å². The maximum absolute atomic E-state index is 11.7. The number of nitrogens with one attached hydrogen (secondary N) is 1. The average Bonchev–Trinajstić information content (AvgIpc) is 2.28. The van der Waals surface area contributed by atoms with Crippen LogP contribution in [0.3, 0.4) is 0 Å². The number of nitrogens with zero attached hydrogens (tertiary/aromatic N) is 1. The van der Waals surface area contributed by atoms with Gasteiger partial charge in [-0.05, 0) is 12.8 Å². The summed E-state index contributed by atoms with van der Waals surface area (Å²) in [6.45, 7) is 4.68. The highest BCUT2D eigenvalue weighted by atomic mass is 16.2. The van der Waals surface area contributed by atoms with Crippen LogP contribution in [0.25, 0.3) is 0 Å². The fourth-order valence-electron chi connectivity index (χ4n) is 2.14. The summed E-state index contributed by atoms with van der Waals surface area (Å²) in [5.41, 5.74) is 0. The molecule has 1 aliphatic rings. The second-order valence-electron chi connectivity index (χ2n) is 4.38. The van der Waals surface area contributed by atoms with Crippen molar-refractivity contribution in [3.8, 4) is 0 Å². The zero-order chi connectivity index (χ0) is 12.0. The van der Waals surface area contributed by atoms with E-state index in [1.807, 2.05) is 0 Å². The van der Waals surface area contributed by atoms with Crippen LogP contribution >= 0.6 is 0 Å². The monoisotopic (exact) mass is 226 g/mol. The van der Waals surface area contributed by atoms with Gasteiger partial charge in [-0.1, -0.05) is 33.1 Å². The van der Waals surface area contributed by atoms with Gasteiger partial charge in [-0.2, -0.15) is 0 Å². The lowest BCUT2D eigenvalue weighted by atomic mass is 10.0. The highest BCUT2D eigenvalue weighted by Crippen LogP contribution is 2.15. The molecule has 0 radical (unpaired) electrons. The van der Waals surface area contributed by atoms with Crippen LogP contribution in [0.15, 0.2) is 0 Å². The fraction of sp³-hybridized carbons (Fsp3) is 0.833. The van der Waals surface area contributed by atoms with E-state index in [0.29, 0.717) is 0 Å². The lowest BCUT2D eigenvalue weighted by molar-refractivity contribution is -0.143. The van der Waals surface area contributed by atoms with Crippen LogP contribution in [0.4, 0.5) is 0 Å². The Labute approximate surface area is 97.4 Å². The average molecular weight is 226 g/mol. The normalized spacial score (nSPS) is 18.5. The van der Waals surface area contributed by atoms with Gasteiger partial charge in [0.2, 0.25) is 11.8 Å². The van der Waals surface area contributed by atoms with Crippen LogP contribution < -0.4 is 5.32 Å². The first-order chi connectivity index (χ1) is 7.69. The van der Waals surface area contributed by atoms with Gasteiger partial charge in [-0.25, -0.2) is 0 Å². The van der Waals surface area contributed by atoms with E-state index in [2.05, 4.69) is 19.2 Å². The molecule has 0 aromatic rings. The van der Waals surface area contributed by atoms with Crippen LogP contribution in [0.2, 0.25) is 0 Å². The Balaban J connectivity index is 2.59. The minimum Gasteiger partial charge on any atom is -0.345 e. The van der Waals surface area contributed by atoms with Crippen molar-refractivity contribution in [1.82, 2.24) is 10.2 Å². The van der Waals surface area contributed by atoms with Gasteiger partial charge in [-0.3, -0.25) is 9.59 Å². The van der Waals surface area contributed by atoms with Crippen molar-refractivity contribution >= 4 is 11.8 Å². The number of rotatable bonds is 6. The molecule has 2 amide bonds. The predicted octanol–water partition coefficient (Wildman–Crippen LogP) is 1.30. The second kappa shape index (κ2) is 6.51. The lowest BCUT2D eigenvalue weighted by Gasteiger charge is -2.34. The summed E-state index contributed by atoms with van der Waals surface area (Å²) in [7, 11) is 0. The molecule has 1 heterocycles. The molecule has 0 aromatic heterocycles. The second-order valence-corrected chi connectivity index (χ2v) is 4.38. The van der Waals surface area contributed by atoms with Gasteiger partial charge in [0.25, 0.3) is 0 Å². The Morgan fingerprint density at radius 2 is 2.00 bits per heavy atom. The van der Waals surface area contributed by atoms with E-state index >= 15 is 0 Å². The van der Waals surface area contributed by atoms with Gasteiger partial charge in [0.15, 0.2) is 0 Å². The number of hydrogen-bond acceptors (Lipinski definition) is 2. The predicted molar refractivity (Wildman–Crippen MR) is 62.9 cm³/mol. The molecule has 0 saturated carbocycles. The number of piperazine rings is 1. The van der Waals surface area contributed by atoms with E-state index in [-0.39, 0.29) is 30.9 Å². The standard InChI is InChI=1S/C12H22N2O2/c1-3-5-7-10(6-4-2)14-9-11(15)13-8-12(14)16/h10H,3-9H2,1-2H3,(H,13,15). The van der Waals surface area contributed by atoms with Gasteiger partial charge < -0.3 is 10.2 Å². The summed E-state index contributed by atoms with van der Waals surface area (Å²) in [4.78, 5) is 24.8. The maximum Gasteiger partial charge on any atom is 0.242 e. The summed E-state index contributed by atoms with van der Waals surface area (Å²) in [5.74, 6) is 0.0337. The van der Waals surface area contributed by atoms with E-state index < -0.39 is 0 Å². The van der Waals surface area contributed by atoms with E-state index in [1.165, 1.54) is 0 Å². The molecule has 1 fully saturated rings. The zero-order valence-electron chi connectivity index (χ0n) is 10.3. The molecular formula is C12H22N2O2. The van der Waals surface area contributed by atoms with E-state index in [1.54, 1.807) is 4.90 Å². The molecule has 4 heteroatoms. The third-order valence-corrected chi connectivity index (χ3v) is 3.02. The van der Waals surface area contributed by atoms with Gasteiger partial charge >= 0.3 is 0 Å². The Morgan fingerprint density at radius 3 is 2.62 bits per heavy atom. The van der Waals surface area contributed by atoms with Crippen molar-refractivity contribution in [3.63, 3.8) is 0 Å². The first-order valence-electron chi connectivity index (χ1n) is 6.25. The molecule has 0 spiro atoms. The van der Waals surface area contributed by atoms with Gasteiger partial charge in [-0.15, -0.1) is 0 Å². The first-order valence-corrected chi connectivity index (χ1v) is 6.25. The van der Waals surface area contributed by atoms with E-state index in [0.717, 1.165) is 32.1 Å². The summed E-state index contributed by atoms with van der Waals surface area (Å²) in [5, 5.41) is 2.58. The fourth-order valence-corrected chi connectivity index (χ4v) is 2.14. The molecule has 4 nitrogen and oxygen atoms in total. The third-order valence-electron chi connectivity index (χ3n) is 3.02. The summed E-state index contributed by atoms with van der Waals surface area (Å²) in [6.07, 6.45) is 5.33. The van der Waals surface area contributed by atoms with Crippen molar-refractivity contribution in [3.05, 3.63) is 0 Å². The van der Waals surface area contributed by atoms with Crippen LogP contribution in [-0.4, -0.2) is 35.8 Å². The van der Waals surface area contributed by atoms with Crippen molar-refractivity contribution < 1.29 is 9.59 Å². The molecule has 0 aromatic carbocycles. The molecule has 1 N–H and O–H groups in total. The smallest absolute Gasteiger partial charge is 0.242 e. The molecular weight excluding hydrogens is 204 g/mol. The third kappa shape index (κ3) is 3.51. The molecule has 92 valence electrons. The molecule has 1 atom stereocenters. The van der Waals surface area contributed by atoms with Gasteiger partial charge in [0.1, 0.15) is 0 Å². The highest BCUT2D eigenvalue weighted by molar-refractivity contribution is 5.92. The van der Waals surface area contributed by atoms with Crippen LogP contribution in [0, 0.1) is 0 Å². The zero-order valence-corrected chi connectivity index (χ0v) is 10.3. The first kappa shape index (κ1) is 13.0. The minimum absolute atomic E-state index is 0.0304. The molecule has 0 bridgehead atoms. The number of amides is 2. The maximum atomic E-state index is 11.7. The molecule has 1 aliphatic heterocycles. The molecule has 1 unspecified atom stereocenters. The van der Waals surface area contributed by atoms with Gasteiger partial charge in [0.05, 0.1) is 13.1 Å². The summed E-state index contributed by atoms with van der Waals surface area (Å²) >= 11 is 0.